The van der Waals surface area contributed by atoms with Crippen molar-refractivity contribution in [2.75, 3.05) is 13.1 Å². The Balaban J connectivity index is 2.03. The minimum atomic E-state index is 0.0661. The van der Waals surface area contributed by atoms with Gasteiger partial charge >= 0.3 is 0 Å². The van der Waals surface area contributed by atoms with Crippen LogP contribution in [0.3, 0.4) is 0 Å². The number of amides is 1. The van der Waals surface area contributed by atoms with Crippen molar-refractivity contribution >= 4 is 16.8 Å². The molecule has 0 aliphatic carbocycles. The monoisotopic (exact) mass is 283 g/mol. The number of rotatable bonds is 2. The number of fused-ring (bicyclic) bond motifs is 1. The van der Waals surface area contributed by atoms with Crippen molar-refractivity contribution in [2.45, 2.75) is 32.7 Å². The molecule has 0 unspecified atom stereocenters. The van der Waals surface area contributed by atoms with Crippen molar-refractivity contribution in [2.24, 2.45) is 5.73 Å². The molecule has 3 rings (SSSR count). The molecule has 110 valence electrons. The van der Waals surface area contributed by atoms with Gasteiger partial charge in [-0.05, 0) is 44.9 Å². The van der Waals surface area contributed by atoms with Gasteiger partial charge in [-0.25, -0.2) is 0 Å². The fraction of sp³-hybridized carbons (Fsp3) is 0.412. The lowest BCUT2D eigenvalue weighted by Gasteiger charge is -2.24. The van der Waals surface area contributed by atoms with E-state index in [9.17, 15) is 4.79 Å². The third kappa shape index (κ3) is 2.51. The van der Waals surface area contributed by atoms with E-state index < -0.39 is 0 Å². The minimum absolute atomic E-state index is 0.0661. The zero-order valence-electron chi connectivity index (χ0n) is 12.6. The van der Waals surface area contributed by atoms with Gasteiger partial charge in [0.2, 0.25) is 0 Å². The van der Waals surface area contributed by atoms with Crippen LogP contribution in [0.1, 0.15) is 34.5 Å². The standard InChI is InChI=1S/C17H21N3O/c1-11-5-6-16-13(8-11)9-15(12(2)19-16)17(21)20-7-3-4-14(20)10-18/h5-6,8-9,14H,3-4,7,10,18H2,1-2H3/t14-/m1/s1. The minimum Gasteiger partial charge on any atom is -0.334 e. The van der Waals surface area contributed by atoms with Crippen LogP contribution < -0.4 is 5.73 Å². The lowest BCUT2D eigenvalue weighted by atomic mass is 10.1. The van der Waals surface area contributed by atoms with E-state index in [4.69, 9.17) is 5.73 Å². The summed E-state index contributed by atoms with van der Waals surface area (Å²) < 4.78 is 0. The predicted molar refractivity (Wildman–Crippen MR) is 84.3 cm³/mol. The molecule has 1 fully saturated rings. The Bertz CT molecular complexity index is 696. The van der Waals surface area contributed by atoms with Gasteiger partial charge in [-0.15, -0.1) is 0 Å². The molecule has 1 aliphatic heterocycles. The Labute approximate surface area is 125 Å². The maximum atomic E-state index is 12.8. The summed E-state index contributed by atoms with van der Waals surface area (Å²) in [6, 6.07) is 8.26. The fourth-order valence-corrected chi connectivity index (χ4v) is 3.11. The van der Waals surface area contributed by atoms with E-state index in [1.165, 1.54) is 5.56 Å². The number of aryl methyl sites for hydroxylation is 2. The number of benzene rings is 1. The Hall–Kier alpha value is -1.94. The smallest absolute Gasteiger partial charge is 0.256 e. The number of hydrogen-bond donors (Lipinski definition) is 1. The molecule has 2 heterocycles. The molecule has 1 saturated heterocycles. The van der Waals surface area contributed by atoms with Crippen molar-refractivity contribution in [1.82, 2.24) is 9.88 Å². The van der Waals surface area contributed by atoms with Crippen molar-refractivity contribution in [3.05, 3.63) is 41.1 Å². The molecule has 1 atom stereocenters. The quantitative estimate of drug-likeness (QED) is 0.920. The van der Waals surface area contributed by atoms with E-state index in [1.807, 2.05) is 36.9 Å². The van der Waals surface area contributed by atoms with Crippen LogP contribution in [0.2, 0.25) is 0 Å². The number of hydrogen-bond acceptors (Lipinski definition) is 3. The Morgan fingerprint density at radius 2 is 2.19 bits per heavy atom. The largest absolute Gasteiger partial charge is 0.334 e. The van der Waals surface area contributed by atoms with Crippen molar-refractivity contribution in [3.8, 4) is 0 Å². The van der Waals surface area contributed by atoms with Gasteiger partial charge in [0.05, 0.1) is 16.8 Å². The normalized spacial score (nSPS) is 18.4. The van der Waals surface area contributed by atoms with E-state index in [0.29, 0.717) is 12.1 Å². The second-order valence-electron chi connectivity index (χ2n) is 5.85. The molecule has 1 amide bonds. The Kier molecular flexibility index (Phi) is 3.64. The molecule has 0 spiro atoms. The molecule has 1 aromatic carbocycles. The van der Waals surface area contributed by atoms with Crippen molar-refractivity contribution in [3.63, 3.8) is 0 Å². The van der Waals surface area contributed by atoms with E-state index in [0.717, 1.165) is 36.0 Å². The number of nitrogens with two attached hydrogens (primary N) is 1. The van der Waals surface area contributed by atoms with Gasteiger partial charge in [0.15, 0.2) is 0 Å². The molecule has 1 aliphatic rings. The summed E-state index contributed by atoms with van der Waals surface area (Å²) in [5, 5.41) is 1.02. The van der Waals surface area contributed by atoms with E-state index in [-0.39, 0.29) is 11.9 Å². The molecule has 4 nitrogen and oxygen atoms in total. The van der Waals surface area contributed by atoms with Crippen LogP contribution >= 0.6 is 0 Å². The highest BCUT2D eigenvalue weighted by molar-refractivity contribution is 5.99. The third-order valence-corrected chi connectivity index (χ3v) is 4.30. The van der Waals surface area contributed by atoms with Gasteiger partial charge in [-0.1, -0.05) is 11.6 Å². The first-order chi connectivity index (χ1) is 10.1. The van der Waals surface area contributed by atoms with Crippen molar-refractivity contribution < 1.29 is 4.79 Å². The van der Waals surface area contributed by atoms with Crippen LogP contribution in [0.15, 0.2) is 24.3 Å². The Morgan fingerprint density at radius 1 is 1.38 bits per heavy atom. The number of likely N-dealkylation sites (tertiary alicyclic amines) is 1. The number of aromatic nitrogens is 1. The van der Waals surface area contributed by atoms with Crippen LogP contribution in [0.4, 0.5) is 0 Å². The second-order valence-corrected chi connectivity index (χ2v) is 5.85. The van der Waals surface area contributed by atoms with Crippen LogP contribution in [0, 0.1) is 13.8 Å². The summed E-state index contributed by atoms with van der Waals surface area (Å²) in [5.41, 5.74) is 9.38. The predicted octanol–water partition coefficient (Wildman–Crippen LogP) is 2.41. The van der Waals surface area contributed by atoms with Gasteiger partial charge in [0.25, 0.3) is 5.91 Å². The number of carbonyl (C=O) groups excluding carboxylic acids is 1. The summed E-state index contributed by atoms with van der Waals surface area (Å²) in [6.45, 7) is 5.28. The highest BCUT2D eigenvalue weighted by atomic mass is 16.2. The zero-order chi connectivity index (χ0) is 15.0. The highest BCUT2D eigenvalue weighted by Crippen LogP contribution is 2.23. The van der Waals surface area contributed by atoms with E-state index >= 15 is 0 Å². The topological polar surface area (TPSA) is 59.2 Å². The second kappa shape index (κ2) is 5.45. The van der Waals surface area contributed by atoms with Crippen LogP contribution in [-0.2, 0) is 0 Å². The zero-order valence-corrected chi connectivity index (χ0v) is 12.6. The summed E-state index contributed by atoms with van der Waals surface area (Å²) >= 11 is 0. The van der Waals surface area contributed by atoms with Crippen LogP contribution in [-0.4, -0.2) is 34.9 Å². The molecule has 0 saturated carbocycles. The van der Waals surface area contributed by atoms with E-state index in [2.05, 4.69) is 11.1 Å². The molecule has 0 radical (unpaired) electrons. The summed E-state index contributed by atoms with van der Waals surface area (Å²) in [4.78, 5) is 19.3. The average molecular weight is 283 g/mol. The molecular formula is C17H21N3O. The first-order valence-electron chi connectivity index (χ1n) is 7.49. The van der Waals surface area contributed by atoms with Gasteiger partial charge in [-0.3, -0.25) is 9.78 Å². The molecule has 2 aromatic rings. The number of nitrogens with zero attached hydrogens (tertiary/aromatic N) is 2. The molecule has 4 heteroatoms. The third-order valence-electron chi connectivity index (χ3n) is 4.30. The first-order valence-corrected chi connectivity index (χ1v) is 7.49. The maximum Gasteiger partial charge on any atom is 0.256 e. The average Bonchev–Trinajstić information content (AvgIpc) is 2.94. The van der Waals surface area contributed by atoms with Gasteiger partial charge in [0.1, 0.15) is 0 Å². The van der Waals surface area contributed by atoms with Gasteiger partial charge in [-0.2, -0.15) is 0 Å². The maximum absolute atomic E-state index is 12.8. The molecular weight excluding hydrogens is 262 g/mol. The van der Waals surface area contributed by atoms with Gasteiger partial charge < -0.3 is 10.6 Å². The molecule has 0 bridgehead atoms. The molecule has 2 N–H and O–H groups in total. The number of pyridine rings is 1. The number of carbonyl (C=O) groups is 1. The lowest BCUT2D eigenvalue weighted by molar-refractivity contribution is 0.0740. The van der Waals surface area contributed by atoms with Crippen molar-refractivity contribution in [1.29, 1.82) is 0 Å². The highest BCUT2D eigenvalue weighted by Gasteiger charge is 2.29. The lowest BCUT2D eigenvalue weighted by Crippen LogP contribution is -2.40. The summed E-state index contributed by atoms with van der Waals surface area (Å²) in [7, 11) is 0. The molecule has 21 heavy (non-hydrogen) atoms. The SMILES string of the molecule is Cc1ccc2nc(C)c(C(=O)N3CCC[C@@H]3CN)cc2c1. The summed E-state index contributed by atoms with van der Waals surface area (Å²) in [6.07, 6.45) is 2.04. The summed E-state index contributed by atoms with van der Waals surface area (Å²) in [5.74, 6) is 0.0661. The van der Waals surface area contributed by atoms with Gasteiger partial charge in [0, 0.05) is 24.5 Å². The van der Waals surface area contributed by atoms with E-state index in [1.54, 1.807) is 0 Å². The Morgan fingerprint density at radius 3 is 2.95 bits per heavy atom. The first kappa shape index (κ1) is 14.0. The van der Waals surface area contributed by atoms with Crippen LogP contribution in [0.25, 0.3) is 10.9 Å². The van der Waals surface area contributed by atoms with Crippen LogP contribution in [0.5, 0.6) is 0 Å². The molecule has 1 aromatic heterocycles. The fourth-order valence-electron chi connectivity index (χ4n) is 3.11.